The van der Waals surface area contributed by atoms with Crippen molar-refractivity contribution in [3.05, 3.63) is 132 Å². The van der Waals surface area contributed by atoms with Gasteiger partial charge in [0, 0.05) is 26.9 Å². The molecule has 0 spiro atoms. The number of hydrogen-bond donors (Lipinski definition) is 0. The zero-order chi connectivity index (χ0) is 28.7. The Hall–Kier alpha value is -6.30. The fourth-order valence-electron chi connectivity index (χ4n) is 6.56. The van der Waals surface area contributed by atoms with Crippen molar-refractivity contribution in [1.29, 1.82) is 5.26 Å². The number of furan rings is 2. The van der Waals surface area contributed by atoms with Crippen LogP contribution in [0.3, 0.4) is 0 Å². The van der Waals surface area contributed by atoms with Crippen LogP contribution in [0.15, 0.2) is 124 Å². The maximum absolute atomic E-state index is 10.1. The number of aromatic nitrogens is 1. The van der Waals surface area contributed by atoms with Gasteiger partial charge in [-0.15, -0.1) is 0 Å². The molecular formula is C38H19N3O2. The Morgan fingerprint density at radius 1 is 0.605 bits per heavy atom. The molecule has 6 aromatic carbocycles. The van der Waals surface area contributed by atoms with Crippen LogP contribution in [-0.2, 0) is 0 Å². The number of fused-ring (bicyclic) bond motifs is 10. The number of hydrogen-bond acceptors (Lipinski definition) is 3. The third-order valence-electron chi connectivity index (χ3n) is 8.46. The standard InChI is InChI=1S/C38H19N3O2/c1-40-30-10-6-7-24(21-39)37(30)41-31-17-14-22(23-13-15-27-25-8-2-4-11-33(25)42-35(27)20-23)19-29(31)36-32(41)18-16-28-26-9-3-5-12-34(26)43-38(28)36/h2-20H. The minimum absolute atomic E-state index is 0.418. The van der Waals surface area contributed by atoms with E-state index in [1.54, 1.807) is 18.2 Å². The van der Waals surface area contributed by atoms with Gasteiger partial charge in [-0.1, -0.05) is 60.7 Å². The molecule has 0 fully saturated rings. The monoisotopic (exact) mass is 549 g/mol. The van der Waals surface area contributed by atoms with Gasteiger partial charge in [0.1, 0.15) is 22.3 Å². The SMILES string of the molecule is [C-]#[N+]c1cccc(C#N)c1-n1c2ccc(-c3ccc4c(c3)oc3ccccc34)cc2c2c3oc4ccccc4c3ccc21. The van der Waals surface area contributed by atoms with Crippen LogP contribution in [0.2, 0.25) is 0 Å². The van der Waals surface area contributed by atoms with Gasteiger partial charge < -0.3 is 13.4 Å². The van der Waals surface area contributed by atoms with Gasteiger partial charge in [-0.3, -0.25) is 0 Å². The van der Waals surface area contributed by atoms with Crippen LogP contribution >= 0.6 is 0 Å². The Labute approximate surface area is 244 Å². The lowest BCUT2D eigenvalue weighted by Gasteiger charge is -2.12. The molecule has 0 amide bonds. The van der Waals surface area contributed by atoms with Crippen molar-refractivity contribution in [2.24, 2.45) is 0 Å². The predicted octanol–water partition coefficient (Wildman–Crippen LogP) is 10.7. The lowest BCUT2D eigenvalue weighted by atomic mass is 10.0. The number of rotatable bonds is 2. The molecule has 0 atom stereocenters. The van der Waals surface area contributed by atoms with Crippen LogP contribution < -0.4 is 0 Å². The van der Waals surface area contributed by atoms with Crippen LogP contribution in [0.25, 0.3) is 87.3 Å². The Morgan fingerprint density at radius 2 is 1.28 bits per heavy atom. The molecule has 5 heteroatoms. The maximum Gasteiger partial charge on any atom is 0.211 e. The predicted molar refractivity (Wildman–Crippen MR) is 172 cm³/mol. The molecule has 0 radical (unpaired) electrons. The number of nitriles is 1. The van der Waals surface area contributed by atoms with Crippen molar-refractivity contribution >= 4 is 71.4 Å². The Balaban J connectivity index is 1.40. The molecule has 5 nitrogen and oxygen atoms in total. The van der Waals surface area contributed by atoms with Gasteiger partial charge in [0.15, 0.2) is 0 Å². The van der Waals surface area contributed by atoms with Gasteiger partial charge in [0.2, 0.25) is 5.69 Å². The van der Waals surface area contributed by atoms with E-state index in [-0.39, 0.29) is 0 Å². The minimum atomic E-state index is 0.418. The van der Waals surface area contributed by atoms with Crippen molar-refractivity contribution in [3.63, 3.8) is 0 Å². The molecule has 0 bridgehead atoms. The van der Waals surface area contributed by atoms with Crippen LogP contribution in [0.1, 0.15) is 5.56 Å². The smallest absolute Gasteiger partial charge is 0.211 e. The highest BCUT2D eigenvalue weighted by Crippen LogP contribution is 2.44. The highest BCUT2D eigenvalue weighted by molar-refractivity contribution is 6.24. The lowest BCUT2D eigenvalue weighted by molar-refractivity contribution is 0.669. The zero-order valence-electron chi connectivity index (χ0n) is 22.6. The van der Waals surface area contributed by atoms with E-state index in [1.165, 1.54) is 0 Å². The normalized spacial score (nSPS) is 11.7. The van der Waals surface area contributed by atoms with E-state index in [0.717, 1.165) is 76.8 Å². The summed E-state index contributed by atoms with van der Waals surface area (Å²) in [5.41, 5.74) is 8.57. The lowest BCUT2D eigenvalue weighted by Crippen LogP contribution is -1.97. The Bertz CT molecular complexity index is 2680. The first-order valence-electron chi connectivity index (χ1n) is 13.9. The van der Waals surface area contributed by atoms with Crippen molar-refractivity contribution in [1.82, 2.24) is 4.57 Å². The molecule has 0 N–H and O–H groups in total. The summed E-state index contributed by atoms with van der Waals surface area (Å²) in [4.78, 5) is 3.80. The summed E-state index contributed by atoms with van der Waals surface area (Å²) in [6.07, 6.45) is 0. The van der Waals surface area contributed by atoms with Crippen molar-refractivity contribution in [2.75, 3.05) is 0 Å². The Morgan fingerprint density at radius 3 is 2.09 bits per heavy atom. The molecule has 9 aromatic rings. The van der Waals surface area contributed by atoms with Crippen molar-refractivity contribution < 1.29 is 8.83 Å². The van der Waals surface area contributed by atoms with Crippen LogP contribution in [0.5, 0.6) is 0 Å². The molecule has 0 aliphatic carbocycles. The van der Waals surface area contributed by atoms with Gasteiger partial charge in [-0.2, -0.15) is 5.26 Å². The summed E-state index contributed by atoms with van der Waals surface area (Å²) in [6.45, 7) is 7.91. The summed E-state index contributed by atoms with van der Waals surface area (Å²) < 4.78 is 14.8. The molecule has 0 saturated heterocycles. The van der Waals surface area contributed by atoms with Gasteiger partial charge in [-0.25, -0.2) is 4.85 Å². The third kappa shape index (κ3) is 3.19. The van der Waals surface area contributed by atoms with Gasteiger partial charge in [0.05, 0.1) is 40.3 Å². The molecule has 0 aliphatic rings. The van der Waals surface area contributed by atoms with E-state index >= 15 is 0 Å². The summed E-state index contributed by atoms with van der Waals surface area (Å²) in [7, 11) is 0. The summed E-state index contributed by atoms with van der Waals surface area (Å²) in [5.74, 6) is 0. The highest BCUT2D eigenvalue weighted by atomic mass is 16.3. The number of nitrogens with zero attached hydrogens (tertiary/aromatic N) is 3. The Kier molecular flexibility index (Phi) is 4.68. The van der Waals surface area contributed by atoms with E-state index in [4.69, 9.17) is 15.4 Å². The second kappa shape index (κ2) is 8.60. The first kappa shape index (κ1) is 23.4. The van der Waals surface area contributed by atoms with E-state index in [0.29, 0.717) is 16.9 Å². The fourth-order valence-corrected chi connectivity index (χ4v) is 6.56. The molecule has 3 aromatic heterocycles. The van der Waals surface area contributed by atoms with Crippen molar-refractivity contribution in [3.8, 4) is 22.9 Å². The average molecular weight is 550 g/mol. The van der Waals surface area contributed by atoms with E-state index in [1.807, 2.05) is 41.0 Å². The first-order chi connectivity index (χ1) is 21.2. The highest BCUT2D eigenvalue weighted by Gasteiger charge is 2.22. The molecule has 43 heavy (non-hydrogen) atoms. The topological polar surface area (TPSA) is 59.4 Å². The van der Waals surface area contributed by atoms with Crippen LogP contribution in [-0.4, -0.2) is 4.57 Å². The summed E-state index contributed by atoms with van der Waals surface area (Å²) >= 11 is 0. The summed E-state index contributed by atoms with van der Waals surface area (Å²) in [5, 5.41) is 16.3. The number of benzene rings is 6. The molecule has 0 aliphatic heterocycles. The summed E-state index contributed by atoms with van der Waals surface area (Å²) in [6, 6.07) is 40.5. The molecule has 0 unspecified atom stereocenters. The van der Waals surface area contributed by atoms with Crippen LogP contribution in [0, 0.1) is 17.9 Å². The first-order valence-corrected chi connectivity index (χ1v) is 13.9. The number of para-hydroxylation sites is 3. The third-order valence-corrected chi connectivity index (χ3v) is 8.46. The van der Waals surface area contributed by atoms with E-state index < -0.39 is 0 Å². The van der Waals surface area contributed by atoms with Crippen molar-refractivity contribution in [2.45, 2.75) is 0 Å². The van der Waals surface area contributed by atoms with E-state index in [2.05, 4.69) is 71.6 Å². The molecular weight excluding hydrogens is 530 g/mol. The molecule has 9 rings (SSSR count). The quantitative estimate of drug-likeness (QED) is 0.202. The largest absolute Gasteiger partial charge is 0.456 e. The average Bonchev–Trinajstić information content (AvgIpc) is 3.72. The zero-order valence-corrected chi connectivity index (χ0v) is 22.6. The second-order valence-electron chi connectivity index (χ2n) is 10.7. The fraction of sp³-hybridized carbons (Fsp3) is 0. The molecule has 3 heterocycles. The molecule has 0 saturated carbocycles. The van der Waals surface area contributed by atoms with E-state index in [9.17, 15) is 5.26 Å². The second-order valence-corrected chi connectivity index (χ2v) is 10.7. The maximum atomic E-state index is 10.1. The minimum Gasteiger partial charge on any atom is -0.456 e. The van der Waals surface area contributed by atoms with Gasteiger partial charge >= 0.3 is 0 Å². The van der Waals surface area contributed by atoms with Gasteiger partial charge in [-0.05, 0) is 65.7 Å². The molecule has 198 valence electrons. The van der Waals surface area contributed by atoms with Gasteiger partial charge in [0.25, 0.3) is 0 Å². The van der Waals surface area contributed by atoms with Crippen LogP contribution in [0.4, 0.5) is 5.69 Å².